The molecule has 200 valence electrons. The molecule has 0 spiro atoms. The maximum atomic E-state index is 13.1. The zero-order chi connectivity index (χ0) is 26.5. The van der Waals surface area contributed by atoms with E-state index in [0.717, 1.165) is 18.7 Å². The van der Waals surface area contributed by atoms with Gasteiger partial charge in [0, 0.05) is 26.1 Å². The zero-order valence-electron chi connectivity index (χ0n) is 21.7. The smallest absolute Gasteiger partial charge is 0.408 e. The number of carbonyl (C=O) groups is 4. The van der Waals surface area contributed by atoms with Crippen LogP contribution in [0.3, 0.4) is 0 Å². The minimum atomic E-state index is -0.929. The molecule has 10 nitrogen and oxygen atoms in total. The Kier molecular flexibility index (Phi) is 12.4. The van der Waals surface area contributed by atoms with Crippen molar-refractivity contribution in [3.63, 3.8) is 0 Å². The van der Waals surface area contributed by atoms with E-state index in [0.29, 0.717) is 26.2 Å². The molecule has 4 amide bonds. The lowest BCUT2D eigenvalue weighted by atomic mass is 10.00. The Morgan fingerprint density at radius 3 is 2.25 bits per heavy atom. The lowest BCUT2D eigenvalue weighted by molar-refractivity contribution is -0.135. The summed E-state index contributed by atoms with van der Waals surface area (Å²) in [5, 5.41) is 7.73. The summed E-state index contributed by atoms with van der Waals surface area (Å²) in [6.45, 7) is 10.8. The summed E-state index contributed by atoms with van der Waals surface area (Å²) in [4.78, 5) is 52.7. The van der Waals surface area contributed by atoms with E-state index in [1.807, 2.05) is 44.2 Å². The average molecular weight is 505 g/mol. The van der Waals surface area contributed by atoms with Crippen molar-refractivity contribution in [3.8, 4) is 0 Å². The summed E-state index contributed by atoms with van der Waals surface area (Å²) in [5.74, 6) is -1.64. The van der Waals surface area contributed by atoms with Crippen LogP contribution in [0, 0.1) is 11.8 Å². The second-order valence-corrected chi connectivity index (χ2v) is 9.73. The van der Waals surface area contributed by atoms with Gasteiger partial charge >= 0.3 is 6.09 Å². The molecule has 0 aliphatic carbocycles. The highest BCUT2D eigenvalue weighted by Crippen LogP contribution is 2.09. The van der Waals surface area contributed by atoms with E-state index in [1.54, 1.807) is 13.8 Å². The third kappa shape index (κ3) is 10.7. The summed E-state index contributed by atoms with van der Waals surface area (Å²) in [6, 6.07) is 7.40. The Hall–Kier alpha value is -2.98. The molecule has 0 unspecified atom stereocenters. The van der Waals surface area contributed by atoms with Crippen LogP contribution in [0.1, 0.15) is 46.1 Å². The predicted molar refractivity (Wildman–Crippen MR) is 135 cm³/mol. The number of nitrogens with one attached hydrogen (secondary N) is 3. The van der Waals surface area contributed by atoms with Gasteiger partial charge < -0.3 is 20.1 Å². The van der Waals surface area contributed by atoms with Crippen LogP contribution >= 0.6 is 0 Å². The Balaban J connectivity index is 1.90. The molecule has 36 heavy (non-hydrogen) atoms. The van der Waals surface area contributed by atoms with Crippen LogP contribution in [0.5, 0.6) is 0 Å². The highest BCUT2D eigenvalue weighted by molar-refractivity contribution is 6.00. The largest absolute Gasteiger partial charge is 0.445 e. The third-order valence-corrected chi connectivity index (χ3v) is 5.80. The standard InChI is InChI=1S/C26H40N4O6/c1-18(2)16-21(27-26(34)36-17-20-8-6-5-7-9-20)24(32)29-23(19(3)4)25(33)28-22(31)10-11-30-12-14-35-15-13-30/h5-9,18-19,21,23H,10-17H2,1-4H3,(H,27,34)(H,29,32)(H,28,31,33)/t21-,23-/m0/s1. The quantitative estimate of drug-likeness (QED) is 0.396. The van der Waals surface area contributed by atoms with Gasteiger partial charge in [-0.05, 0) is 23.8 Å². The Labute approximate surface area is 213 Å². The van der Waals surface area contributed by atoms with E-state index < -0.39 is 35.9 Å². The highest BCUT2D eigenvalue weighted by atomic mass is 16.5. The van der Waals surface area contributed by atoms with Gasteiger partial charge in [-0.2, -0.15) is 0 Å². The molecule has 0 radical (unpaired) electrons. The Morgan fingerprint density at radius 1 is 0.972 bits per heavy atom. The van der Waals surface area contributed by atoms with Crippen LogP contribution in [0.2, 0.25) is 0 Å². The molecule has 0 saturated carbocycles. The number of benzene rings is 1. The van der Waals surface area contributed by atoms with Crippen LogP contribution in [0.4, 0.5) is 4.79 Å². The van der Waals surface area contributed by atoms with Crippen molar-refractivity contribution in [1.29, 1.82) is 0 Å². The summed E-state index contributed by atoms with van der Waals surface area (Å²) in [6.07, 6.45) is -0.185. The van der Waals surface area contributed by atoms with E-state index in [9.17, 15) is 19.2 Å². The molecule has 1 saturated heterocycles. The zero-order valence-corrected chi connectivity index (χ0v) is 21.7. The monoisotopic (exact) mass is 504 g/mol. The van der Waals surface area contributed by atoms with Gasteiger partial charge in [0.15, 0.2) is 0 Å². The molecule has 2 rings (SSSR count). The van der Waals surface area contributed by atoms with Crippen LogP contribution in [0.15, 0.2) is 30.3 Å². The van der Waals surface area contributed by atoms with Gasteiger partial charge in [0.05, 0.1) is 13.2 Å². The van der Waals surface area contributed by atoms with Crippen LogP contribution in [-0.2, 0) is 30.5 Å². The molecule has 3 N–H and O–H groups in total. The number of carbonyl (C=O) groups excluding carboxylic acids is 4. The molecule has 2 atom stereocenters. The first-order valence-corrected chi connectivity index (χ1v) is 12.6. The molecule has 1 fully saturated rings. The third-order valence-electron chi connectivity index (χ3n) is 5.80. The normalized spacial score (nSPS) is 15.7. The fraction of sp³-hybridized carbons (Fsp3) is 0.615. The molecule has 10 heteroatoms. The minimum absolute atomic E-state index is 0.0757. The van der Waals surface area contributed by atoms with Crippen molar-refractivity contribution in [2.75, 3.05) is 32.8 Å². The Morgan fingerprint density at radius 2 is 1.64 bits per heavy atom. The first-order chi connectivity index (χ1) is 17.2. The summed E-state index contributed by atoms with van der Waals surface area (Å²) in [7, 11) is 0. The fourth-order valence-corrected chi connectivity index (χ4v) is 3.76. The van der Waals surface area contributed by atoms with Crippen molar-refractivity contribution >= 4 is 23.8 Å². The van der Waals surface area contributed by atoms with Crippen LogP contribution in [0.25, 0.3) is 0 Å². The molecule has 1 aliphatic rings. The number of imide groups is 1. The van der Waals surface area contributed by atoms with Gasteiger partial charge in [-0.25, -0.2) is 4.79 Å². The lowest BCUT2D eigenvalue weighted by Crippen LogP contribution is -2.56. The van der Waals surface area contributed by atoms with Gasteiger partial charge in [0.2, 0.25) is 17.7 Å². The van der Waals surface area contributed by atoms with Crippen molar-refractivity contribution in [1.82, 2.24) is 20.9 Å². The SMILES string of the molecule is CC(C)C[C@H](NC(=O)OCc1ccccc1)C(=O)N[C@H](C(=O)NC(=O)CCN1CCOCC1)C(C)C. The van der Waals surface area contributed by atoms with Crippen molar-refractivity contribution in [2.24, 2.45) is 11.8 Å². The van der Waals surface area contributed by atoms with Gasteiger partial charge in [-0.3, -0.25) is 24.6 Å². The lowest BCUT2D eigenvalue weighted by Gasteiger charge is -2.27. The van der Waals surface area contributed by atoms with Crippen LogP contribution < -0.4 is 16.0 Å². The molecule has 0 bridgehead atoms. The molecular formula is C26H40N4O6. The van der Waals surface area contributed by atoms with Gasteiger partial charge in [0.25, 0.3) is 0 Å². The van der Waals surface area contributed by atoms with Gasteiger partial charge in [0.1, 0.15) is 18.7 Å². The second-order valence-electron chi connectivity index (χ2n) is 9.73. The van der Waals surface area contributed by atoms with Crippen molar-refractivity contribution < 1.29 is 28.7 Å². The summed E-state index contributed by atoms with van der Waals surface area (Å²) < 4.78 is 10.6. The summed E-state index contributed by atoms with van der Waals surface area (Å²) >= 11 is 0. The number of rotatable bonds is 12. The summed E-state index contributed by atoms with van der Waals surface area (Å²) in [5.41, 5.74) is 0.826. The molecule has 1 aliphatic heterocycles. The van der Waals surface area contributed by atoms with Gasteiger partial charge in [-0.15, -0.1) is 0 Å². The second kappa shape index (κ2) is 15.2. The number of morpholine rings is 1. The number of amides is 4. The van der Waals surface area contributed by atoms with E-state index in [4.69, 9.17) is 9.47 Å². The Bertz CT molecular complexity index is 855. The first-order valence-electron chi connectivity index (χ1n) is 12.6. The van der Waals surface area contributed by atoms with E-state index in [1.165, 1.54) is 0 Å². The average Bonchev–Trinajstić information content (AvgIpc) is 2.85. The van der Waals surface area contributed by atoms with E-state index in [-0.39, 0.29) is 24.9 Å². The van der Waals surface area contributed by atoms with E-state index in [2.05, 4.69) is 20.9 Å². The predicted octanol–water partition coefficient (Wildman–Crippen LogP) is 1.83. The van der Waals surface area contributed by atoms with Crippen molar-refractivity contribution in [2.45, 2.75) is 59.2 Å². The van der Waals surface area contributed by atoms with Gasteiger partial charge in [-0.1, -0.05) is 58.0 Å². The first kappa shape index (κ1) is 29.3. The van der Waals surface area contributed by atoms with E-state index >= 15 is 0 Å². The molecule has 1 aromatic rings. The maximum Gasteiger partial charge on any atom is 0.408 e. The molecule has 1 heterocycles. The van der Waals surface area contributed by atoms with Crippen LogP contribution in [-0.4, -0.2) is 73.6 Å². The number of nitrogens with zero attached hydrogens (tertiary/aromatic N) is 1. The molecule has 0 aromatic heterocycles. The number of hydrogen-bond acceptors (Lipinski definition) is 7. The highest BCUT2D eigenvalue weighted by Gasteiger charge is 2.30. The fourth-order valence-electron chi connectivity index (χ4n) is 3.76. The number of ether oxygens (including phenoxy) is 2. The number of hydrogen-bond donors (Lipinski definition) is 3. The minimum Gasteiger partial charge on any atom is -0.445 e. The topological polar surface area (TPSA) is 126 Å². The number of alkyl carbamates (subject to hydrolysis) is 1. The maximum absolute atomic E-state index is 13.1. The molecular weight excluding hydrogens is 464 g/mol. The molecule has 1 aromatic carbocycles. The van der Waals surface area contributed by atoms with Crippen molar-refractivity contribution in [3.05, 3.63) is 35.9 Å².